The first-order valence-corrected chi connectivity index (χ1v) is 7.76. The van der Waals surface area contributed by atoms with Gasteiger partial charge in [-0.05, 0) is 30.2 Å². The smallest absolute Gasteiger partial charge is 0.320 e. The molecule has 0 fully saturated rings. The number of nitrogens with one attached hydrogen (secondary N) is 1. The van der Waals surface area contributed by atoms with E-state index < -0.39 is 27.7 Å². The van der Waals surface area contributed by atoms with E-state index in [4.69, 9.17) is 9.84 Å². The van der Waals surface area contributed by atoms with Gasteiger partial charge in [-0.3, -0.25) is 10.1 Å². The molecule has 1 rings (SSSR count). The van der Waals surface area contributed by atoms with Crippen LogP contribution in [-0.2, 0) is 14.6 Å². The van der Waals surface area contributed by atoms with Crippen molar-refractivity contribution in [1.82, 2.24) is 5.32 Å². The molecule has 0 saturated heterocycles. The molecule has 0 aliphatic carbocycles. The minimum atomic E-state index is -3.58. The highest BCUT2D eigenvalue weighted by Gasteiger charge is 2.24. The molecule has 1 aromatic carbocycles. The van der Waals surface area contributed by atoms with E-state index in [1.807, 2.05) is 0 Å². The molecule has 0 heterocycles. The van der Waals surface area contributed by atoms with Gasteiger partial charge in [0.2, 0.25) is 0 Å². The van der Waals surface area contributed by atoms with Crippen molar-refractivity contribution in [2.75, 3.05) is 13.0 Å². The normalized spacial score (nSPS) is 13.2. The van der Waals surface area contributed by atoms with Crippen molar-refractivity contribution in [2.45, 2.75) is 24.8 Å². The van der Waals surface area contributed by atoms with E-state index in [1.165, 1.54) is 19.2 Å². The van der Waals surface area contributed by atoms with Crippen LogP contribution in [0.4, 0.5) is 0 Å². The van der Waals surface area contributed by atoms with E-state index >= 15 is 0 Å². The average Bonchev–Trinajstić information content (AvgIpc) is 2.38. The van der Waals surface area contributed by atoms with E-state index in [1.54, 1.807) is 26.0 Å². The van der Waals surface area contributed by atoms with Gasteiger partial charge in [-0.15, -0.1) is 0 Å². The number of ether oxygens (including phenoxy) is 1. The lowest BCUT2D eigenvalue weighted by molar-refractivity contribution is -0.140. The quantitative estimate of drug-likeness (QED) is 0.784. The first-order valence-electron chi connectivity index (χ1n) is 6.11. The van der Waals surface area contributed by atoms with Crippen LogP contribution in [0.3, 0.4) is 0 Å². The maximum Gasteiger partial charge on any atom is 0.320 e. The lowest BCUT2D eigenvalue weighted by Crippen LogP contribution is -2.43. The summed E-state index contributed by atoms with van der Waals surface area (Å²) in [6.45, 7) is 3.43. The monoisotopic (exact) mass is 301 g/mol. The van der Waals surface area contributed by atoms with Gasteiger partial charge in [0, 0.05) is 0 Å². The van der Waals surface area contributed by atoms with Crippen LogP contribution in [0.5, 0.6) is 5.75 Å². The minimum Gasteiger partial charge on any atom is -0.497 e. The number of hydrogen-bond donors (Lipinski definition) is 2. The molecular weight excluding hydrogens is 282 g/mol. The molecule has 1 unspecified atom stereocenters. The minimum absolute atomic E-state index is 0.124. The van der Waals surface area contributed by atoms with Crippen LogP contribution in [0.2, 0.25) is 0 Å². The Morgan fingerprint density at radius 3 is 2.25 bits per heavy atom. The Morgan fingerprint density at radius 1 is 1.30 bits per heavy atom. The molecule has 0 amide bonds. The highest BCUT2D eigenvalue weighted by molar-refractivity contribution is 7.91. The second kappa shape index (κ2) is 6.71. The van der Waals surface area contributed by atoms with Gasteiger partial charge in [0.05, 0.1) is 12.0 Å². The Balaban J connectivity index is 2.81. The van der Waals surface area contributed by atoms with Gasteiger partial charge in [0.1, 0.15) is 17.7 Å². The summed E-state index contributed by atoms with van der Waals surface area (Å²) in [6.07, 6.45) is 0. The molecule has 0 saturated carbocycles. The Kier molecular flexibility index (Phi) is 5.52. The van der Waals surface area contributed by atoms with Crippen molar-refractivity contribution in [3.8, 4) is 5.75 Å². The van der Waals surface area contributed by atoms with Crippen LogP contribution in [0, 0.1) is 5.92 Å². The molecule has 2 N–H and O–H groups in total. The van der Waals surface area contributed by atoms with Gasteiger partial charge < -0.3 is 9.84 Å². The average molecular weight is 301 g/mol. The number of rotatable bonds is 7. The number of hydrogen-bond acceptors (Lipinski definition) is 5. The number of sulfone groups is 1. The zero-order chi connectivity index (χ0) is 15.3. The predicted octanol–water partition coefficient (Wildman–Crippen LogP) is 1.13. The van der Waals surface area contributed by atoms with Crippen molar-refractivity contribution in [3.05, 3.63) is 24.3 Å². The number of benzene rings is 1. The van der Waals surface area contributed by atoms with Gasteiger partial charge >= 0.3 is 5.97 Å². The van der Waals surface area contributed by atoms with Crippen molar-refractivity contribution in [3.63, 3.8) is 0 Å². The number of aliphatic carboxylic acids is 1. The lowest BCUT2D eigenvalue weighted by Gasteiger charge is -2.17. The van der Waals surface area contributed by atoms with E-state index in [0.29, 0.717) is 5.75 Å². The fourth-order valence-electron chi connectivity index (χ4n) is 1.67. The van der Waals surface area contributed by atoms with Crippen LogP contribution in [0.25, 0.3) is 0 Å². The first kappa shape index (κ1) is 16.5. The summed E-state index contributed by atoms with van der Waals surface area (Å²) < 4.78 is 29.1. The highest BCUT2D eigenvalue weighted by Crippen LogP contribution is 2.16. The zero-order valence-corrected chi connectivity index (χ0v) is 12.5. The predicted molar refractivity (Wildman–Crippen MR) is 74.4 cm³/mol. The summed E-state index contributed by atoms with van der Waals surface area (Å²) in [6, 6.07) is 5.05. The van der Waals surface area contributed by atoms with Crippen molar-refractivity contribution >= 4 is 15.8 Å². The number of carboxylic acid groups (broad SMARTS) is 1. The van der Waals surface area contributed by atoms with Crippen molar-refractivity contribution < 1.29 is 23.1 Å². The molecule has 0 spiro atoms. The summed E-state index contributed by atoms with van der Waals surface area (Å²) in [5.74, 6) is -1.14. The van der Waals surface area contributed by atoms with Gasteiger partial charge in [-0.2, -0.15) is 0 Å². The van der Waals surface area contributed by atoms with E-state index in [0.717, 1.165) is 0 Å². The summed E-state index contributed by atoms with van der Waals surface area (Å²) in [7, 11) is -2.09. The summed E-state index contributed by atoms with van der Waals surface area (Å²) in [5, 5.41) is 11.6. The van der Waals surface area contributed by atoms with E-state index in [-0.39, 0.29) is 10.8 Å². The van der Waals surface area contributed by atoms with Crippen molar-refractivity contribution in [2.24, 2.45) is 5.92 Å². The molecule has 0 aromatic heterocycles. The molecule has 0 aliphatic heterocycles. The molecule has 1 aromatic rings. The molecule has 0 aliphatic rings. The Morgan fingerprint density at radius 2 is 1.85 bits per heavy atom. The first-order chi connectivity index (χ1) is 9.27. The lowest BCUT2D eigenvalue weighted by atomic mass is 10.1. The molecule has 20 heavy (non-hydrogen) atoms. The van der Waals surface area contributed by atoms with Gasteiger partial charge in [-0.25, -0.2) is 8.42 Å². The zero-order valence-electron chi connectivity index (χ0n) is 11.7. The van der Waals surface area contributed by atoms with Gasteiger partial charge in [0.25, 0.3) is 0 Å². The third-order valence-electron chi connectivity index (χ3n) is 2.84. The Labute approximate surface area is 118 Å². The van der Waals surface area contributed by atoms with Crippen molar-refractivity contribution in [1.29, 1.82) is 0 Å². The SMILES string of the molecule is COc1ccc(S(=O)(=O)CNC(C(=O)O)C(C)C)cc1. The van der Waals surface area contributed by atoms with E-state index in [2.05, 4.69) is 5.32 Å². The molecule has 6 nitrogen and oxygen atoms in total. The van der Waals surface area contributed by atoms with Gasteiger partial charge in [0.15, 0.2) is 9.84 Å². The van der Waals surface area contributed by atoms with Crippen LogP contribution >= 0.6 is 0 Å². The Hall–Kier alpha value is -1.60. The summed E-state index contributed by atoms with van der Waals surface area (Å²) >= 11 is 0. The summed E-state index contributed by atoms with van der Waals surface area (Å²) in [4.78, 5) is 11.1. The molecule has 7 heteroatoms. The maximum absolute atomic E-state index is 12.1. The van der Waals surface area contributed by atoms with Crippen LogP contribution in [-0.4, -0.2) is 38.5 Å². The maximum atomic E-state index is 12.1. The molecule has 1 atom stereocenters. The second-order valence-electron chi connectivity index (χ2n) is 4.70. The summed E-state index contributed by atoms with van der Waals surface area (Å²) in [5.41, 5.74) is 0. The van der Waals surface area contributed by atoms with Gasteiger partial charge in [-0.1, -0.05) is 13.8 Å². The molecular formula is C13H19NO5S. The molecule has 0 radical (unpaired) electrons. The topological polar surface area (TPSA) is 92.7 Å². The number of carbonyl (C=O) groups is 1. The molecule has 0 bridgehead atoms. The highest BCUT2D eigenvalue weighted by atomic mass is 32.2. The second-order valence-corrected chi connectivity index (χ2v) is 6.69. The van der Waals surface area contributed by atoms with Crippen LogP contribution < -0.4 is 10.1 Å². The Bertz CT molecular complexity index is 551. The standard InChI is InChI=1S/C13H19NO5S/c1-9(2)12(13(15)16)14-8-20(17,18)11-6-4-10(19-3)5-7-11/h4-7,9,12,14H,8H2,1-3H3,(H,15,16). The van der Waals surface area contributed by atoms with Crippen LogP contribution in [0.1, 0.15) is 13.8 Å². The third-order valence-corrected chi connectivity index (χ3v) is 4.38. The largest absolute Gasteiger partial charge is 0.497 e. The fourth-order valence-corrected chi connectivity index (χ4v) is 2.79. The third kappa shape index (κ3) is 4.21. The number of methoxy groups -OCH3 is 1. The number of carboxylic acids is 1. The molecule has 112 valence electrons. The van der Waals surface area contributed by atoms with Crippen LogP contribution in [0.15, 0.2) is 29.2 Å². The fraction of sp³-hybridized carbons (Fsp3) is 0.462. The van der Waals surface area contributed by atoms with E-state index in [9.17, 15) is 13.2 Å².